The molecule has 1 rings (SSSR count). The number of hydrogen-bond acceptors (Lipinski definition) is 3. The molecule has 4 nitrogen and oxygen atoms in total. The van der Waals surface area contributed by atoms with E-state index in [2.05, 4.69) is 16.8 Å². The number of amidine groups is 1. The van der Waals surface area contributed by atoms with Gasteiger partial charge in [0, 0.05) is 18.5 Å². The second-order valence-electron chi connectivity index (χ2n) is 5.90. The first kappa shape index (κ1) is 14.5. The fourth-order valence-electron chi connectivity index (χ4n) is 2.04. The van der Waals surface area contributed by atoms with E-state index in [4.69, 9.17) is 11.1 Å². The summed E-state index contributed by atoms with van der Waals surface area (Å²) in [6, 6.07) is 0. The van der Waals surface area contributed by atoms with Gasteiger partial charge < -0.3 is 15.5 Å². The van der Waals surface area contributed by atoms with E-state index in [1.165, 1.54) is 32.5 Å². The second-order valence-corrected chi connectivity index (χ2v) is 5.90. The van der Waals surface area contributed by atoms with Gasteiger partial charge in [0.25, 0.3) is 0 Å². The summed E-state index contributed by atoms with van der Waals surface area (Å²) >= 11 is 0. The van der Waals surface area contributed by atoms with Crippen molar-refractivity contribution in [3.63, 3.8) is 0 Å². The molecule has 0 saturated carbocycles. The number of nitrogens with one attached hydrogen (secondary N) is 1. The van der Waals surface area contributed by atoms with E-state index >= 15 is 0 Å². The molecule has 1 aliphatic rings. The third kappa shape index (κ3) is 5.04. The van der Waals surface area contributed by atoms with Gasteiger partial charge in [0.05, 0.1) is 5.84 Å². The van der Waals surface area contributed by atoms with Gasteiger partial charge in [0.1, 0.15) is 0 Å². The maximum atomic E-state index is 7.53. The van der Waals surface area contributed by atoms with E-state index in [-0.39, 0.29) is 5.41 Å². The Kier molecular flexibility index (Phi) is 5.40. The Morgan fingerprint density at radius 3 is 2.41 bits per heavy atom. The minimum absolute atomic E-state index is 0.165. The van der Waals surface area contributed by atoms with Gasteiger partial charge in [0.2, 0.25) is 0 Å². The molecule has 0 aromatic rings. The zero-order valence-electron chi connectivity index (χ0n) is 11.6. The van der Waals surface area contributed by atoms with Gasteiger partial charge in [-0.2, -0.15) is 0 Å². The SMILES string of the molecule is CN(CCN1CCCC1)CCC(C)(C)C(=N)N. The largest absolute Gasteiger partial charge is 0.387 e. The van der Waals surface area contributed by atoms with Gasteiger partial charge >= 0.3 is 0 Å². The van der Waals surface area contributed by atoms with Crippen LogP contribution in [0.2, 0.25) is 0 Å². The smallest absolute Gasteiger partial charge is 0.0963 e. The van der Waals surface area contributed by atoms with Crippen molar-refractivity contribution in [2.24, 2.45) is 11.1 Å². The fourth-order valence-corrected chi connectivity index (χ4v) is 2.04. The third-order valence-electron chi connectivity index (χ3n) is 3.84. The Morgan fingerprint density at radius 2 is 1.88 bits per heavy atom. The Balaban J connectivity index is 2.16. The first-order valence-corrected chi connectivity index (χ1v) is 6.67. The second kappa shape index (κ2) is 6.36. The highest BCUT2D eigenvalue weighted by Gasteiger charge is 2.21. The van der Waals surface area contributed by atoms with Crippen LogP contribution in [-0.2, 0) is 0 Å². The number of hydrogen-bond donors (Lipinski definition) is 2. The van der Waals surface area contributed by atoms with Crippen molar-refractivity contribution in [3.05, 3.63) is 0 Å². The summed E-state index contributed by atoms with van der Waals surface area (Å²) in [5, 5.41) is 7.53. The van der Waals surface area contributed by atoms with Crippen LogP contribution in [0.5, 0.6) is 0 Å². The molecule has 0 spiro atoms. The van der Waals surface area contributed by atoms with Crippen LogP contribution in [0, 0.1) is 10.8 Å². The lowest BCUT2D eigenvalue weighted by Gasteiger charge is -2.27. The summed E-state index contributed by atoms with van der Waals surface area (Å²) in [5.74, 6) is 0.297. The first-order valence-electron chi connectivity index (χ1n) is 6.67. The Hall–Kier alpha value is -0.610. The molecular formula is C13H28N4. The lowest BCUT2D eigenvalue weighted by Crippen LogP contribution is -2.37. The van der Waals surface area contributed by atoms with Crippen molar-refractivity contribution < 1.29 is 0 Å². The van der Waals surface area contributed by atoms with Crippen molar-refractivity contribution in [2.75, 3.05) is 39.8 Å². The molecule has 4 heteroatoms. The highest BCUT2D eigenvalue weighted by Crippen LogP contribution is 2.19. The summed E-state index contributed by atoms with van der Waals surface area (Å²) < 4.78 is 0. The molecule has 1 aliphatic heterocycles. The van der Waals surface area contributed by atoms with Crippen molar-refractivity contribution in [2.45, 2.75) is 33.1 Å². The lowest BCUT2D eigenvalue weighted by atomic mass is 9.88. The Bertz CT molecular complexity index is 244. The van der Waals surface area contributed by atoms with Gasteiger partial charge in [0.15, 0.2) is 0 Å². The van der Waals surface area contributed by atoms with Gasteiger partial charge in [-0.25, -0.2) is 0 Å². The van der Waals surface area contributed by atoms with Crippen LogP contribution in [-0.4, -0.2) is 55.4 Å². The molecule has 0 aromatic carbocycles. The molecule has 100 valence electrons. The first-order chi connectivity index (χ1) is 7.92. The van der Waals surface area contributed by atoms with Crippen LogP contribution in [0.15, 0.2) is 0 Å². The van der Waals surface area contributed by atoms with E-state index in [0.29, 0.717) is 5.84 Å². The molecule has 3 N–H and O–H groups in total. The maximum Gasteiger partial charge on any atom is 0.0963 e. The highest BCUT2D eigenvalue weighted by atomic mass is 15.2. The minimum atomic E-state index is -0.165. The quantitative estimate of drug-likeness (QED) is 0.522. The van der Waals surface area contributed by atoms with Gasteiger partial charge in [-0.3, -0.25) is 5.41 Å². The van der Waals surface area contributed by atoms with E-state index in [1.54, 1.807) is 0 Å². The molecule has 0 unspecified atom stereocenters. The summed E-state index contributed by atoms with van der Waals surface area (Å²) in [6.45, 7) is 9.94. The van der Waals surface area contributed by atoms with Crippen LogP contribution < -0.4 is 5.73 Å². The molecule has 1 heterocycles. The molecule has 17 heavy (non-hydrogen) atoms. The molecule has 0 atom stereocenters. The van der Waals surface area contributed by atoms with Crippen LogP contribution >= 0.6 is 0 Å². The number of nitrogens with two attached hydrogens (primary N) is 1. The average molecular weight is 240 g/mol. The molecule has 0 radical (unpaired) electrons. The maximum absolute atomic E-state index is 7.53. The normalized spacial score (nSPS) is 17.9. The van der Waals surface area contributed by atoms with Gasteiger partial charge in [-0.1, -0.05) is 13.8 Å². The molecule has 1 saturated heterocycles. The fraction of sp³-hybridized carbons (Fsp3) is 0.923. The number of likely N-dealkylation sites (N-methyl/N-ethyl adjacent to an activating group) is 1. The summed E-state index contributed by atoms with van der Waals surface area (Å²) in [7, 11) is 2.16. The number of nitrogens with zero attached hydrogens (tertiary/aromatic N) is 2. The van der Waals surface area contributed by atoms with Crippen LogP contribution in [0.1, 0.15) is 33.1 Å². The number of rotatable bonds is 7. The summed E-state index contributed by atoms with van der Waals surface area (Å²) in [5.41, 5.74) is 5.42. The monoisotopic (exact) mass is 240 g/mol. The van der Waals surface area contributed by atoms with Crippen LogP contribution in [0.4, 0.5) is 0 Å². The van der Waals surface area contributed by atoms with Gasteiger partial charge in [-0.05, 0) is 45.9 Å². The summed E-state index contributed by atoms with van der Waals surface area (Å²) in [4.78, 5) is 4.88. The topological polar surface area (TPSA) is 56.4 Å². The third-order valence-corrected chi connectivity index (χ3v) is 3.84. The Labute approximate surface area is 106 Å². The van der Waals surface area contributed by atoms with Crippen molar-refractivity contribution >= 4 is 5.84 Å². The zero-order valence-corrected chi connectivity index (χ0v) is 11.6. The molecule has 0 bridgehead atoms. The number of likely N-dealkylation sites (tertiary alicyclic amines) is 1. The van der Waals surface area contributed by atoms with Crippen LogP contribution in [0.3, 0.4) is 0 Å². The standard InChI is InChI=1S/C13H28N4/c1-13(2,12(14)15)6-9-16(3)10-11-17-7-4-5-8-17/h4-11H2,1-3H3,(H3,14,15). The van der Waals surface area contributed by atoms with Crippen molar-refractivity contribution in [1.82, 2.24) is 9.80 Å². The average Bonchev–Trinajstić information content (AvgIpc) is 2.76. The predicted molar refractivity (Wildman–Crippen MR) is 73.5 cm³/mol. The van der Waals surface area contributed by atoms with E-state index < -0.39 is 0 Å². The van der Waals surface area contributed by atoms with Crippen molar-refractivity contribution in [1.29, 1.82) is 5.41 Å². The van der Waals surface area contributed by atoms with E-state index in [9.17, 15) is 0 Å². The van der Waals surface area contributed by atoms with Gasteiger partial charge in [-0.15, -0.1) is 0 Å². The molecule has 0 aliphatic carbocycles. The molecule has 0 aromatic heterocycles. The summed E-state index contributed by atoms with van der Waals surface area (Å²) in [6.07, 6.45) is 3.68. The van der Waals surface area contributed by atoms with Crippen LogP contribution in [0.25, 0.3) is 0 Å². The minimum Gasteiger partial charge on any atom is -0.387 e. The molecule has 1 fully saturated rings. The zero-order chi connectivity index (χ0) is 12.9. The molecular weight excluding hydrogens is 212 g/mol. The lowest BCUT2D eigenvalue weighted by molar-refractivity contribution is 0.240. The Morgan fingerprint density at radius 1 is 1.29 bits per heavy atom. The van der Waals surface area contributed by atoms with E-state index in [0.717, 1.165) is 19.5 Å². The molecule has 0 amide bonds. The predicted octanol–water partition coefficient (Wildman–Crippen LogP) is 1.37. The van der Waals surface area contributed by atoms with Crippen molar-refractivity contribution in [3.8, 4) is 0 Å². The highest BCUT2D eigenvalue weighted by molar-refractivity contribution is 5.82. The van der Waals surface area contributed by atoms with E-state index in [1.807, 2.05) is 13.8 Å².